The van der Waals surface area contributed by atoms with Crippen molar-refractivity contribution in [2.75, 3.05) is 40.4 Å². The van der Waals surface area contributed by atoms with E-state index in [4.69, 9.17) is 15.9 Å². The largest absolute Gasteiger partial charge is 0.496 e. The summed E-state index contributed by atoms with van der Waals surface area (Å²) in [5.74, 6) is 3.35. The zero-order chi connectivity index (χ0) is 22.7. The number of methoxy groups -OCH3 is 2. The van der Waals surface area contributed by atoms with Gasteiger partial charge in [-0.25, -0.2) is 4.79 Å². The number of carbonyl (C=O) groups is 1. The zero-order valence-corrected chi connectivity index (χ0v) is 18.9. The van der Waals surface area contributed by atoms with Gasteiger partial charge in [0.25, 0.3) is 0 Å². The van der Waals surface area contributed by atoms with Crippen molar-refractivity contribution in [1.82, 2.24) is 14.8 Å². The summed E-state index contributed by atoms with van der Waals surface area (Å²) in [7, 11) is 3.12. The van der Waals surface area contributed by atoms with Crippen LogP contribution in [-0.2, 0) is 11.3 Å². The third kappa shape index (κ3) is 4.22. The standard InChI is InChI=1S/C26H29N3O3/c1-5-12-28-13-14-29(23(17-28)19-6-8-20(9-7-19)26(30)32-4)16-22-21-10-11-27-25(21)18(2)15-24(22)31-3/h1,6-11,15,23,27H,12-14,16-17H2,2-4H3. The lowest BCUT2D eigenvalue weighted by Gasteiger charge is -2.41. The number of benzene rings is 2. The lowest BCUT2D eigenvalue weighted by atomic mass is 9.98. The third-order valence-corrected chi connectivity index (χ3v) is 6.30. The van der Waals surface area contributed by atoms with E-state index < -0.39 is 0 Å². The molecular weight excluding hydrogens is 402 g/mol. The number of nitrogens with one attached hydrogen (secondary N) is 1. The van der Waals surface area contributed by atoms with Crippen molar-refractivity contribution >= 4 is 16.9 Å². The van der Waals surface area contributed by atoms with Gasteiger partial charge in [0.2, 0.25) is 0 Å². The maximum absolute atomic E-state index is 11.9. The molecule has 1 N–H and O–H groups in total. The summed E-state index contributed by atoms with van der Waals surface area (Å²) in [6.45, 7) is 6.09. The molecule has 0 saturated carbocycles. The zero-order valence-electron chi connectivity index (χ0n) is 18.9. The smallest absolute Gasteiger partial charge is 0.337 e. The maximum Gasteiger partial charge on any atom is 0.337 e. The van der Waals surface area contributed by atoms with Crippen molar-refractivity contribution in [3.8, 4) is 18.1 Å². The van der Waals surface area contributed by atoms with Gasteiger partial charge in [0, 0.05) is 54.9 Å². The number of fused-ring (bicyclic) bond motifs is 1. The first-order valence-electron chi connectivity index (χ1n) is 10.8. The number of carbonyl (C=O) groups excluding carboxylic acids is 1. The van der Waals surface area contributed by atoms with E-state index >= 15 is 0 Å². The number of aromatic nitrogens is 1. The average Bonchev–Trinajstić information content (AvgIpc) is 3.32. The van der Waals surface area contributed by atoms with Crippen LogP contribution in [0.5, 0.6) is 5.75 Å². The second-order valence-electron chi connectivity index (χ2n) is 8.18. The van der Waals surface area contributed by atoms with Crippen molar-refractivity contribution in [1.29, 1.82) is 0 Å². The number of hydrogen-bond donors (Lipinski definition) is 1. The van der Waals surface area contributed by atoms with E-state index in [1.165, 1.54) is 23.6 Å². The Morgan fingerprint density at radius 1 is 1.22 bits per heavy atom. The van der Waals surface area contributed by atoms with Gasteiger partial charge in [-0.15, -0.1) is 6.42 Å². The fourth-order valence-corrected chi connectivity index (χ4v) is 4.60. The van der Waals surface area contributed by atoms with Crippen LogP contribution in [0.15, 0.2) is 42.6 Å². The number of aryl methyl sites for hydroxylation is 1. The quantitative estimate of drug-likeness (QED) is 0.476. The number of aromatic amines is 1. The summed E-state index contributed by atoms with van der Waals surface area (Å²) in [4.78, 5) is 20.0. The van der Waals surface area contributed by atoms with Crippen molar-refractivity contribution in [2.24, 2.45) is 0 Å². The van der Waals surface area contributed by atoms with Crippen LogP contribution in [0.4, 0.5) is 0 Å². The molecule has 0 bridgehead atoms. The van der Waals surface area contributed by atoms with Crippen LogP contribution in [0.25, 0.3) is 10.9 Å². The van der Waals surface area contributed by atoms with E-state index in [0.717, 1.165) is 43.0 Å². The van der Waals surface area contributed by atoms with Crippen LogP contribution in [0.2, 0.25) is 0 Å². The first-order chi connectivity index (χ1) is 15.5. The summed E-state index contributed by atoms with van der Waals surface area (Å²) in [6.07, 6.45) is 7.58. The summed E-state index contributed by atoms with van der Waals surface area (Å²) in [5.41, 5.74) is 5.19. The predicted octanol–water partition coefficient (Wildman–Crippen LogP) is 3.76. The Labute approximate surface area is 189 Å². The predicted molar refractivity (Wildman–Crippen MR) is 126 cm³/mol. The molecule has 1 unspecified atom stereocenters. The Bertz CT molecular complexity index is 1140. The Hall–Kier alpha value is -3.27. The molecule has 1 fully saturated rings. The molecule has 166 valence electrons. The molecule has 3 aromatic rings. The molecule has 4 rings (SSSR count). The van der Waals surface area contributed by atoms with Crippen molar-refractivity contribution in [3.05, 3.63) is 64.8 Å². The maximum atomic E-state index is 11.9. The van der Waals surface area contributed by atoms with Gasteiger partial charge in [0.1, 0.15) is 5.75 Å². The summed E-state index contributed by atoms with van der Waals surface area (Å²) < 4.78 is 10.6. The molecule has 0 radical (unpaired) electrons. The van der Waals surface area contributed by atoms with Crippen molar-refractivity contribution in [3.63, 3.8) is 0 Å². The van der Waals surface area contributed by atoms with E-state index in [9.17, 15) is 4.79 Å². The number of piperazine rings is 1. The Morgan fingerprint density at radius 2 is 2.00 bits per heavy atom. The van der Waals surface area contributed by atoms with Crippen LogP contribution in [0.3, 0.4) is 0 Å². The number of nitrogens with zero attached hydrogens (tertiary/aromatic N) is 2. The third-order valence-electron chi connectivity index (χ3n) is 6.30. The number of rotatable bonds is 6. The highest BCUT2D eigenvalue weighted by Gasteiger charge is 2.29. The SMILES string of the molecule is C#CCN1CCN(Cc2c(OC)cc(C)c3[nH]ccc23)C(c2ccc(C(=O)OC)cc2)C1. The molecule has 2 heterocycles. The van der Waals surface area contributed by atoms with Gasteiger partial charge >= 0.3 is 5.97 Å². The van der Waals surface area contributed by atoms with E-state index in [2.05, 4.69) is 39.8 Å². The molecule has 0 aliphatic carbocycles. The Morgan fingerprint density at radius 3 is 2.69 bits per heavy atom. The lowest BCUT2D eigenvalue weighted by Crippen LogP contribution is -2.48. The highest BCUT2D eigenvalue weighted by Crippen LogP contribution is 2.35. The van der Waals surface area contributed by atoms with E-state index in [1.54, 1.807) is 7.11 Å². The molecule has 6 nitrogen and oxygen atoms in total. The highest BCUT2D eigenvalue weighted by molar-refractivity contribution is 5.89. The number of terminal acetylenes is 1. The molecule has 32 heavy (non-hydrogen) atoms. The second-order valence-corrected chi connectivity index (χ2v) is 8.18. The summed E-state index contributed by atoms with van der Waals surface area (Å²) >= 11 is 0. The molecule has 1 saturated heterocycles. The number of esters is 1. The van der Waals surface area contributed by atoms with Gasteiger partial charge in [0.05, 0.1) is 26.3 Å². The average molecular weight is 432 g/mol. The molecule has 0 spiro atoms. The van der Waals surface area contributed by atoms with E-state index in [1.807, 2.05) is 30.5 Å². The molecule has 2 aromatic carbocycles. The van der Waals surface area contributed by atoms with Crippen LogP contribution in [-0.4, -0.2) is 61.2 Å². The first-order valence-corrected chi connectivity index (χ1v) is 10.8. The minimum absolute atomic E-state index is 0.142. The van der Waals surface area contributed by atoms with Gasteiger partial charge in [-0.2, -0.15) is 0 Å². The lowest BCUT2D eigenvalue weighted by molar-refractivity contribution is 0.0600. The van der Waals surface area contributed by atoms with Gasteiger partial charge in [0.15, 0.2) is 0 Å². The summed E-state index contributed by atoms with van der Waals surface area (Å²) in [6, 6.07) is 12.1. The minimum Gasteiger partial charge on any atom is -0.496 e. The molecule has 1 aromatic heterocycles. The van der Waals surface area contributed by atoms with Crippen molar-refractivity contribution in [2.45, 2.75) is 19.5 Å². The Kier molecular flexibility index (Phi) is 6.50. The molecule has 1 aliphatic rings. The normalized spacial score (nSPS) is 17.2. The number of ether oxygens (including phenoxy) is 2. The van der Waals surface area contributed by atoms with Crippen LogP contribution in [0, 0.1) is 19.3 Å². The monoisotopic (exact) mass is 431 g/mol. The fraction of sp³-hybridized carbons (Fsp3) is 0.346. The van der Waals surface area contributed by atoms with Crippen LogP contribution >= 0.6 is 0 Å². The second kappa shape index (κ2) is 9.47. The number of H-pyrrole nitrogens is 1. The van der Waals surface area contributed by atoms with Crippen molar-refractivity contribution < 1.29 is 14.3 Å². The van der Waals surface area contributed by atoms with Gasteiger partial charge in [-0.05, 0) is 42.3 Å². The van der Waals surface area contributed by atoms with Gasteiger partial charge < -0.3 is 14.5 Å². The molecule has 1 aliphatic heterocycles. The fourth-order valence-electron chi connectivity index (χ4n) is 4.60. The topological polar surface area (TPSA) is 57.8 Å². The molecule has 6 heteroatoms. The minimum atomic E-state index is -0.328. The van der Waals surface area contributed by atoms with Gasteiger partial charge in [-0.3, -0.25) is 9.80 Å². The van der Waals surface area contributed by atoms with Crippen LogP contribution in [0.1, 0.15) is 33.1 Å². The van der Waals surface area contributed by atoms with E-state index in [0.29, 0.717) is 12.1 Å². The molecule has 0 amide bonds. The highest BCUT2D eigenvalue weighted by atomic mass is 16.5. The number of hydrogen-bond acceptors (Lipinski definition) is 5. The first kappa shape index (κ1) is 21.9. The van der Waals surface area contributed by atoms with Crippen LogP contribution < -0.4 is 4.74 Å². The van der Waals surface area contributed by atoms with Gasteiger partial charge in [-0.1, -0.05) is 18.1 Å². The van der Waals surface area contributed by atoms with E-state index in [-0.39, 0.29) is 12.0 Å². The molecule has 1 atom stereocenters. The summed E-state index contributed by atoms with van der Waals surface area (Å²) in [5, 5.41) is 1.19. The Balaban J connectivity index is 1.68. The molecular formula is C26H29N3O3.